The van der Waals surface area contributed by atoms with E-state index in [0.29, 0.717) is 12.5 Å². The number of fused-ring (bicyclic) bond motifs is 1. The largest absolute Gasteiger partial charge is 0.444 e. The van der Waals surface area contributed by atoms with Gasteiger partial charge in [-0.1, -0.05) is 19.9 Å². The molecule has 132 valence electrons. The highest BCUT2D eigenvalue weighted by Gasteiger charge is 2.27. The van der Waals surface area contributed by atoms with E-state index in [2.05, 4.69) is 29.8 Å². The van der Waals surface area contributed by atoms with Crippen LogP contribution in [0.3, 0.4) is 0 Å². The molecule has 24 heavy (non-hydrogen) atoms. The van der Waals surface area contributed by atoms with E-state index < -0.39 is 17.7 Å². The number of anilines is 2. The van der Waals surface area contributed by atoms with E-state index >= 15 is 0 Å². The van der Waals surface area contributed by atoms with Crippen LogP contribution in [0.4, 0.5) is 16.2 Å². The molecule has 1 aromatic rings. The van der Waals surface area contributed by atoms with Gasteiger partial charge < -0.3 is 20.7 Å². The van der Waals surface area contributed by atoms with E-state index in [-0.39, 0.29) is 5.91 Å². The van der Waals surface area contributed by atoms with Gasteiger partial charge in [0.25, 0.3) is 0 Å². The van der Waals surface area contributed by atoms with Gasteiger partial charge in [-0.3, -0.25) is 4.79 Å². The zero-order valence-electron chi connectivity index (χ0n) is 15.0. The maximum absolute atomic E-state index is 12.3. The summed E-state index contributed by atoms with van der Waals surface area (Å²) in [6.07, 6.45) is 0.374. The van der Waals surface area contributed by atoms with Gasteiger partial charge >= 0.3 is 6.09 Å². The van der Waals surface area contributed by atoms with Gasteiger partial charge in [0.05, 0.1) is 11.4 Å². The molecular formula is C18H27N3O3. The molecule has 0 aliphatic carbocycles. The van der Waals surface area contributed by atoms with Crippen molar-refractivity contribution >= 4 is 23.4 Å². The van der Waals surface area contributed by atoms with Crippen molar-refractivity contribution in [1.82, 2.24) is 5.32 Å². The van der Waals surface area contributed by atoms with Crippen molar-refractivity contribution in [3.63, 3.8) is 0 Å². The van der Waals surface area contributed by atoms with Crippen molar-refractivity contribution in [3.05, 3.63) is 23.8 Å². The van der Waals surface area contributed by atoms with Crippen LogP contribution in [0.1, 0.15) is 40.2 Å². The van der Waals surface area contributed by atoms with Gasteiger partial charge in [-0.25, -0.2) is 4.79 Å². The van der Waals surface area contributed by atoms with Crippen LogP contribution < -0.4 is 16.0 Å². The van der Waals surface area contributed by atoms with Crippen molar-refractivity contribution < 1.29 is 14.3 Å². The van der Waals surface area contributed by atoms with Crippen molar-refractivity contribution in [2.45, 2.75) is 52.7 Å². The SMILES string of the molecule is CC(C)Cc1ccc2c(c1)NCC(NC(=O)OC(C)(C)C)C(=O)N2. The molecule has 0 fully saturated rings. The molecule has 1 atom stereocenters. The highest BCUT2D eigenvalue weighted by atomic mass is 16.6. The van der Waals surface area contributed by atoms with E-state index in [9.17, 15) is 9.59 Å². The first-order chi connectivity index (χ1) is 11.1. The second-order valence-corrected chi connectivity index (χ2v) is 7.55. The lowest BCUT2D eigenvalue weighted by atomic mass is 10.0. The fraction of sp³-hybridized carbons (Fsp3) is 0.556. The number of carbonyl (C=O) groups excluding carboxylic acids is 2. The molecule has 2 amide bonds. The first-order valence-corrected chi connectivity index (χ1v) is 8.31. The summed E-state index contributed by atoms with van der Waals surface area (Å²) in [5.41, 5.74) is 2.20. The summed E-state index contributed by atoms with van der Waals surface area (Å²) in [4.78, 5) is 24.2. The molecule has 3 N–H and O–H groups in total. The Labute approximate surface area is 143 Å². The molecule has 0 radical (unpaired) electrons. The smallest absolute Gasteiger partial charge is 0.408 e. The summed E-state index contributed by atoms with van der Waals surface area (Å²) >= 11 is 0. The highest BCUT2D eigenvalue weighted by molar-refractivity contribution is 6.00. The molecule has 1 aromatic carbocycles. The van der Waals surface area contributed by atoms with E-state index in [1.165, 1.54) is 5.56 Å². The molecule has 6 nitrogen and oxygen atoms in total. The monoisotopic (exact) mass is 333 g/mol. The lowest BCUT2D eigenvalue weighted by Gasteiger charge is -2.22. The van der Waals surface area contributed by atoms with Crippen LogP contribution in [0.5, 0.6) is 0 Å². The van der Waals surface area contributed by atoms with Gasteiger partial charge in [0.15, 0.2) is 0 Å². The summed E-state index contributed by atoms with van der Waals surface area (Å²) in [6.45, 7) is 9.99. The van der Waals surface area contributed by atoms with Crippen LogP contribution in [-0.4, -0.2) is 30.2 Å². The van der Waals surface area contributed by atoms with Crippen LogP contribution in [-0.2, 0) is 16.0 Å². The van der Waals surface area contributed by atoms with Crippen molar-refractivity contribution in [2.75, 3.05) is 17.2 Å². The Morgan fingerprint density at radius 3 is 2.67 bits per heavy atom. The lowest BCUT2D eigenvalue weighted by molar-refractivity contribution is -0.117. The standard InChI is InChI=1S/C18H27N3O3/c1-11(2)8-12-6-7-13-14(9-12)19-10-15(16(22)20-13)21-17(23)24-18(3,4)5/h6-7,9,11,15,19H,8,10H2,1-5H3,(H,20,22)(H,21,23). The topological polar surface area (TPSA) is 79.5 Å². The maximum atomic E-state index is 12.3. The molecule has 0 spiro atoms. The number of nitrogens with one attached hydrogen (secondary N) is 3. The predicted molar refractivity (Wildman–Crippen MR) is 95.3 cm³/mol. The van der Waals surface area contributed by atoms with Gasteiger partial charge in [-0.05, 0) is 50.8 Å². The minimum atomic E-state index is -0.694. The number of rotatable bonds is 3. The number of hydrogen-bond donors (Lipinski definition) is 3. The molecule has 1 heterocycles. The predicted octanol–water partition coefficient (Wildman–Crippen LogP) is 3.14. The first-order valence-electron chi connectivity index (χ1n) is 8.31. The zero-order valence-corrected chi connectivity index (χ0v) is 15.0. The zero-order chi connectivity index (χ0) is 17.9. The Morgan fingerprint density at radius 1 is 1.33 bits per heavy atom. The lowest BCUT2D eigenvalue weighted by Crippen LogP contribution is -2.48. The number of alkyl carbamates (subject to hydrolysis) is 1. The van der Waals surface area contributed by atoms with Gasteiger partial charge in [0, 0.05) is 6.54 Å². The van der Waals surface area contributed by atoms with Crippen LogP contribution in [0.2, 0.25) is 0 Å². The average molecular weight is 333 g/mol. The van der Waals surface area contributed by atoms with Gasteiger partial charge in [-0.15, -0.1) is 0 Å². The Morgan fingerprint density at radius 2 is 2.04 bits per heavy atom. The number of benzene rings is 1. The number of ether oxygens (including phenoxy) is 1. The average Bonchev–Trinajstić information content (AvgIpc) is 2.56. The Hall–Kier alpha value is -2.24. The van der Waals surface area contributed by atoms with E-state index in [1.54, 1.807) is 20.8 Å². The summed E-state index contributed by atoms with van der Waals surface area (Å²) in [6, 6.07) is 5.27. The van der Waals surface area contributed by atoms with Crippen molar-refractivity contribution in [1.29, 1.82) is 0 Å². The molecule has 1 unspecified atom stereocenters. The van der Waals surface area contributed by atoms with Crippen LogP contribution >= 0.6 is 0 Å². The molecule has 1 aliphatic rings. The van der Waals surface area contributed by atoms with E-state index in [4.69, 9.17) is 4.74 Å². The Bertz CT molecular complexity index is 620. The van der Waals surface area contributed by atoms with Gasteiger partial charge in [0.2, 0.25) is 5.91 Å². The quantitative estimate of drug-likeness (QED) is 0.794. The molecule has 6 heteroatoms. The highest BCUT2D eigenvalue weighted by Crippen LogP contribution is 2.26. The molecule has 0 aromatic heterocycles. The van der Waals surface area contributed by atoms with Crippen LogP contribution in [0.15, 0.2) is 18.2 Å². The fourth-order valence-corrected chi connectivity index (χ4v) is 2.54. The Balaban J connectivity index is 2.06. The third-order valence-electron chi connectivity index (χ3n) is 3.49. The number of amides is 2. The maximum Gasteiger partial charge on any atom is 0.408 e. The molecule has 1 aliphatic heterocycles. The third-order valence-corrected chi connectivity index (χ3v) is 3.49. The second kappa shape index (κ2) is 7.11. The summed E-state index contributed by atoms with van der Waals surface area (Å²) in [7, 11) is 0. The molecular weight excluding hydrogens is 306 g/mol. The normalized spacial score (nSPS) is 17.4. The Kier molecular flexibility index (Phi) is 5.36. The molecule has 0 saturated heterocycles. The summed E-state index contributed by atoms with van der Waals surface area (Å²) in [5, 5.41) is 8.69. The summed E-state index contributed by atoms with van der Waals surface area (Å²) < 4.78 is 5.21. The molecule has 2 rings (SSSR count). The van der Waals surface area contributed by atoms with Crippen LogP contribution in [0.25, 0.3) is 0 Å². The minimum Gasteiger partial charge on any atom is -0.444 e. The second-order valence-electron chi connectivity index (χ2n) is 7.55. The van der Waals surface area contributed by atoms with Crippen molar-refractivity contribution in [3.8, 4) is 0 Å². The minimum absolute atomic E-state index is 0.260. The molecule has 0 bridgehead atoms. The van der Waals surface area contributed by atoms with E-state index in [1.807, 2.05) is 18.2 Å². The third kappa shape index (κ3) is 5.15. The number of hydrogen-bond acceptors (Lipinski definition) is 4. The number of carbonyl (C=O) groups is 2. The van der Waals surface area contributed by atoms with E-state index in [0.717, 1.165) is 17.8 Å². The fourth-order valence-electron chi connectivity index (χ4n) is 2.54. The first kappa shape index (κ1) is 18.1. The van der Waals surface area contributed by atoms with Gasteiger partial charge in [0.1, 0.15) is 11.6 Å². The van der Waals surface area contributed by atoms with Crippen molar-refractivity contribution in [2.24, 2.45) is 5.92 Å². The van der Waals surface area contributed by atoms with Gasteiger partial charge in [-0.2, -0.15) is 0 Å². The molecule has 0 saturated carbocycles. The summed E-state index contributed by atoms with van der Waals surface area (Å²) in [5.74, 6) is 0.300. The van der Waals surface area contributed by atoms with Crippen LogP contribution in [0, 0.1) is 5.92 Å².